The molecule has 2 aliphatic rings. The van der Waals surface area contributed by atoms with E-state index in [4.69, 9.17) is 10.5 Å². The lowest BCUT2D eigenvalue weighted by molar-refractivity contribution is 0.318. The predicted molar refractivity (Wildman–Crippen MR) is 102 cm³/mol. The molecule has 2 saturated carbocycles. The predicted octanol–water partition coefficient (Wildman–Crippen LogP) is 4.01. The molecule has 0 aromatic heterocycles. The van der Waals surface area contributed by atoms with E-state index >= 15 is 0 Å². The maximum Gasteiger partial charge on any atom is 0.193 e. The summed E-state index contributed by atoms with van der Waals surface area (Å²) in [5, 5.41) is 3.16. The van der Waals surface area contributed by atoms with E-state index in [9.17, 15) is 0 Å². The van der Waals surface area contributed by atoms with Gasteiger partial charge in [0, 0.05) is 5.69 Å². The van der Waals surface area contributed by atoms with Crippen LogP contribution in [0.5, 0.6) is 5.75 Å². The van der Waals surface area contributed by atoms with E-state index in [0.717, 1.165) is 23.3 Å². The Morgan fingerprint density at radius 1 is 1.18 bits per heavy atom. The molecule has 0 spiro atoms. The van der Waals surface area contributed by atoms with Crippen LogP contribution in [0, 0.1) is 11.8 Å². The van der Waals surface area contributed by atoms with Gasteiger partial charge in [-0.15, -0.1) is 24.0 Å². The molecule has 0 unspecified atom stereocenters. The number of ether oxygens (including phenoxy) is 1. The van der Waals surface area contributed by atoms with E-state index in [1.165, 1.54) is 38.5 Å². The monoisotopic (exact) mass is 415 g/mol. The van der Waals surface area contributed by atoms with Crippen LogP contribution < -0.4 is 15.8 Å². The van der Waals surface area contributed by atoms with Gasteiger partial charge in [-0.2, -0.15) is 0 Å². The maximum absolute atomic E-state index is 6.02. The Labute approximate surface area is 149 Å². The molecule has 122 valence electrons. The number of halogens is 1. The lowest BCUT2D eigenvalue weighted by Crippen LogP contribution is -2.23. The van der Waals surface area contributed by atoms with Crippen molar-refractivity contribution < 1.29 is 4.74 Å². The van der Waals surface area contributed by atoms with Gasteiger partial charge in [-0.05, 0) is 42.5 Å². The lowest BCUT2D eigenvalue weighted by atomic mass is 9.85. The molecule has 1 aromatic rings. The molecule has 0 heterocycles. The van der Waals surface area contributed by atoms with Crippen molar-refractivity contribution in [2.24, 2.45) is 22.6 Å². The molecule has 0 bridgehead atoms. The Morgan fingerprint density at radius 3 is 2.50 bits per heavy atom. The molecule has 2 fully saturated rings. The Bertz CT molecular complexity index is 497. The van der Waals surface area contributed by atoms with E-state index in [2.05, 4.69) is 10.3 Å². The van der Waals surface area contributed by atoms with Gasteiger partial charge in [-0.1, -0.05) is 32.1 Å². The first-order valence-corrected chi connectivity index (χ1v) is 8.00. The molecule has 0 radical (unpaired) electrons. The van der Waals surface area contributed by atoms with Crippen LogP contribution in [0.2, 0.25) is 0 Å². The summed E-state index contributed by atoms with van der Waals surface area (Å²) in [7, 11) is 1.66. The van der Waals surface area contributed by atoms with Crippen LogP contribution >= 0.6 is 24.0 Å². The average molecular weight is 415 g/mol. The number of anilines is 1. The molecule has 22 heavy (non-hydrogen) atoms. The third-order valence-corrected chi connectivity index (χ3v) is 4.73. The van der Waals surface area contributed by atoms with Crippen molar-refractivity contribution in [2.75, 3.05) is 12.4 Å². The molecule has 5 heteroatoms. The maximum atomic E-state index is 6.02. The summed E-state index contributed by atoms with van der Waals surface area (Å²) in [5.74, 6) is 3.04. The first-order valence-electron chi connectivity index (χ1n) is 8.00. The standard InChI is InChI=1S/C17H25N3O.HI/c1-21-14-9-7-13(8-10-14)19-17(18)20-16-11-15(16)12-5-3-2-4-6-12;/h7-10,12,15-16H,2-6,11H2,1H3,(H3,18,19,20);1H/t15-,16+;/m0./s1. The van der Waals surface area contributed by atoms with Crippen molar-refractivity contribution in [1.82, 2.24) is 0 Å². The second kappa shape index (κ2) is 8.04. The van der Waals surface area contributed by atoms with Crippen molar-refractivity contribution in [3.05, 3.63) is 24.3 Å². The Balaban J connectivity index is 0.00000176. The quantitative estimate of drug-likeness (QED) is 0.444. The van der Waals surface area contributed by atoms with Crippen molar-refractivity contribution in [1.29, 1.82) is 0 Å². The molecule has 0 amide bonds. The van der Waals surface area contributed by atoms with Gasteiger partial charge in [0.05, 0.1) is 13.2 Å². The minimum atomic E-state index is 0. The fourth-order valence-corrected chi connectivity index (χ4v) is 3.45. The van der Waals surface area contributed by atoms with E-state index in [-0.39, 0.29) is 24.0 Å². The highest BCUT2D eigenvalue weighted by Gasteiger charge is 2.43. The van der Waals surface area contributed by atoms with Crippen molar-refractivity contribution in [3.8, 4) is 5.75 Å². The zero-order valence-corrected chi connectivity index (χ0v) is 15.5. The minimum Gasteiger partial charge on any atom is -0.497 e. The molecular weight excluding hydrogens is 389 g/mol. The number of hydrogen-bond acceptors (Lipinski definition) is 2. The van der Waals surface area contributed by atoms with Crippen LogP contribution in [0.15, 0.2) is 29.3 Å². The van der Waals surface area contributed by atoms with Crippen molar-refractivity contribution in [2.45, 2.75) is 44.6 Å². The number of nitrogens with one attached hydrogen (secondary N) is 1. The molecular formula is C17H26IN3O. The molecule has 2 aliphatic carbocycles. The normalized spacial score (nSPS) is 25.2. The summed E-state index contributed by atoms with van der Waals surface area (Å²) in [4.78, 5) is 4.64. The van der Waals surface area contributed by atoms with Crippen molar-refractivity contribution >= 4 is 35.6 Å². The van der Waals surface area contributed by atoms with Crippen LogP contribution in [0.4, 0.5) is 5.69 Å². The smallest absolute Gasteiger partial charge is 0.193 e. The highest BCUT2D eigenvalue weighted by atomic mass is 127. The van der Waals surface area contributed by atoms with Crippen LogP contribution in [0.1, 0.15) is 38.5 Å². The Kier molecular flexibility index (Phi) is 6.35. The van der Waals surface area contributed by atoms with E-state index < -0.39 is 0 Å². The fraction of sp³-hybridized carbons (Fsp3) is 0.588. The summed E-state index contributed by atoms with van der Waals surface area (Å²) in [6.07, 6.45) is 8.22. The third-order valence-electron chi connectivity index (χ3n) is 4.73. The molecule has 3 N–H and O–H groups in total. The zero-order chi connectivity index (χ0) is 14.7. The highest BCUT2D eigenvalue weighted by Crippen LogP contribution is 2.46. The largest absolute Gasteiger partial charge is 0.497 e. The van der Waals surface area contributed by atoms with Gasteiger partial charge in [0.2, 0.25) is 0 Å². The van der Waals surface area contributed by atoms with E-state index in [0.29, 0.717) is 12.0 Å². The molecule has 0 aliphatic heterocycles. The van der Waals surface area contributed by atoms with Gasteiger partial charge < -0.3 is 15.8 Å². The molecule has 2 atom stereocenters. The van der Waals surface area contributed by atoms with Gasteiger partial charge in [-0.25, -0.2) is 4.99 Å². The number of hydrogen-bond donors (Lipinski definition) is 2. The second-order valence-corrected chi connectivity index (χ2v) is 6.23. The molecule has 3 rings (SSSR count). The highest BCUT2D eigenvalue weighted by molar-refractivity contribution is 14.0. The molecule has 1 aromatic carbocycles. The summed E-state index contributed by atoms with van der Waals surface area (Å²) in [6.45, 7) is 0. The third kappa shape index (κ3) is 4.51. The second-order valence-electron chi connectivity index (χ2n) is 6.23. The average Bonchev–Trinajstić information content (AvgIpc) is 3.28. The van der Waals surface area contributed by atoms with Gasteiger partial charge in [0.25, 0.3) is 0 Å². The number of guanidine groups is 1. The topological polar surface area (TPSA) is 59.6 Å². The summed E-state index contributed by atoms with van der Waals surface area (Å²) in [5.41, 5.74) is 6.97. The Hall–Kier alpha value is -0.980. The van der Waals surface area contributed by atoms with Crippen LogP contribution in [0.25, 0.3) is 0 Å². The number of nitrogens with two attached hydrogens (primary N) is 1. The van der Waals surface area contributed by atoms with Gasteiger partial charge in [0.1, 0.15) is 5.75 Å². The number of methoxy groups -OCH3 is 1. The van der Waals surface area contributed by atoms with Crippen LogP contribution in [-0.2, 0) is 0 Å². The van der Waals surface area contributed by atoms with Gasteiger partial charge >= 0.3 is 0 Å². The van der Waals surface area contributed by atoms with Crippen LogP contribution in [-0.4, -0.2) is 19.1 Å². The summed E-state index contributed by atoms with van der Waals surface area (Å²) < 4.78 is 5.14. The van der Waals surface area contributed by atoms with Gasteiger partial charge in [0.15, 0.2) is 5.96 Å². The SMILES string of the molecule is COc1ccc(NC(N)=N[C@@H]2C[C@H]2C2CCCCC2)cc1.I. The van der Waals surface area contributed by atoms with E-state index in [1.54, 1.807) is 7.11 Å². The number of nitrogens with zero attached hydrogens (tertiary/aromatic N) is 1. The number of benzene rings is 1. The minimum absolute atomic E-state index is 0. The zero-order valence-electron chi connectivity index (χ0n) is 13.1. The first-order chi connectivity index (χ1) is 10.3. The summed E-state index contributed by atoms with van der Waals surface area (Å²) >= 11 is 0. The lowest BCUT2D eigenvalue weighted by Gasteiger charge is -2.21. The molecule has 0 saturated heterocycles. The number of rotatable bonds is 4. The number of aliphatic imine (C=N–C) groups is 1. The van der Waals surface area contributed by atoms with Crippen LogP contribution in [0.3, 0.4) is 0 Å². The Morgan fingerprint density at radius 2 is 1.86 bits per heavy atom. The van der Waals surface area contributed by atoms with Crippen molar-refractivity contribution in [3.63, 3.8) is 0 Å². The van der Waals surface area contributed by atoms with Gasteiger partial charge in [-0.3, -0.25) is 0 Å². The fourth-order valence-electron chi connectivity index (χ4n) is 3.45. The van der Waals surface area contributed by atoms with E-state index in [1.807, 2.05) is 24.3 Å². The summed E-state index contributed by atoms with van der Waals surface area (Å²) in [6, 6.07) is 8.17. The first kappa shape index (κ1) is 17.4. The molecule has 4 nitrogen and oxygen atoms in total.